The molecular weight excluding hydrogens is 407 g/mol. The normalized spacial score (nSPS) is 14.3. The molecule has 32 heavy (non-hydrogen) atoms. The Hall–Kier alpha value is -4.20. The standard InChI is InChI=1S/C24H19FN6O/c25-16-6-7-18-19(13-26-21(18)12-16)15-8-10-30(11-9-15)24-28-22-20(23(32)29-24)14-27-31(22)17-4-2-1-3-5-17/h1-8,12-14,26H,9-11H2,(H,28,29,32). The van der Waals surface area contributed by atoms with Crippen molar-refractivity contribution in [3.05, 3.63) is 88.7 Å². The Kier molecular flexibility index (Phi) is 4.17. The molecule has 0 saturated carbocycles. The predicted molar refractivity (Wildman–Crippen MR) is 123 cm³/mol. The minimum absolute atomic E-state index is 0.208. The van der Waals surface area contributed by atoms with Crippen molar-refractivity contribution in [3.8, 4) is 5.69 Å². The minimum Gasteiger partial charge on any atom is -0.360 e. The maximum atomic E-state index is 13.5. The second-order valence-corrected chi connectivity index (χ2v) is 7.84. The van der Waals surface area contributed by atoms with Gasteiger partial charge in [-0.25, -0.2) is 9.07 Å². The van der Waals surface area contributed by atoms with E-state index in [1.54, 1.807) is 16.9 Å². The second-order valence-electron chi connectivity index (χ2n) is 7.84. The van der Waals surface area contributed by atoms with Crippen LogP contribution in [0.2, 0.25) is 0 Å². The molecule has 0 saturated heterocycles. The van der Waals surface area contributed by atoms with Gasteiger partial charge < -0.3 is 9.88 Å². The first-order valence-electron chi connectivity index (χ1n) is 10.4. The van der Waals surface area contributed by atoms with Crippen LogP contribution in [0.1, 0.15) is 12.0 Å². The highest BCUT2D eigenvalue weighted by Crippen LogP contribution is 2.30. The molecule has 4 heterocycles. The Morgan fingerprint density at radius 2 is 1.94 bits per heavy atom. The third kappa shape index (κ3) is 2.99. The van der Waals surface area contributed by atoms with Gasteiger partial charge in [-0.15, -0.1) is 0 Å². The summed E-state index contributed by atoms with van der Waals surface area (Å²) in [7, 11) is 0. The van der Waals surface area contributed by atoms with Crippen molar-refractivity contribution >= 4 is 33.5 Å². The fraction of sp³-hybridized carbons (Fsp3) is 0.125. The zero-order valence-electron chi connectivity index (χ0n) is 17.0. The number of benzene rings is 2. The number of rotatable bonds is 3. The fourth-order valence-corrected chi connectivity index (χ4v) is 4.29. The van der Waals surface area contributed by atoms with Gasteiger partial charge in [-0.3, -0.25) is 9.78 Å². The Labute approximate surface area is 181 Å². The van der Waals surface area contributed by atoms with Crippen molar-refractivity contribution in [1.82, 2.24) is 24.7 Å². The van der Waals surface area contributed by atoms with E-state index in [1.807, 2.05) is 41.4 Å². The Balaban J connectivity index is 1.34. The van der Waals surface area contributed by atoms with Crippen molar-refractivity contribution < 1.29 is 4.39 Å². The number of hydrogen-bond donors (Lipinski definition) is 2. The quantitative estimate of drug-likeness (QED) is 0.457. The number of nitrogens with zero attached hydrogens (tertiary/aromatic N) is 4. The van der Waals surface area contributed by atoms with Crippen molar-refractivity contribution in [1.29, 1.82) is 0 Å². The SMILES string of the molecule is O=c1[nH]c(N2CC=C(c3c[nH]c4cc(F)ccc34)CC2)nc2c1cnn2-c1ccccc1. The van der Waals surface area contributed by atoms with Gasteiger partial charge in [0.25, 0.3) is 5.56 Å². The van der Waals surface area contributed by atoms with E-state index in [4.69, 9.17) is 4.98 Å². The summed E-state index contributed by atoms with van der Waals surface area (Å²) < 4.78 is 15.2. The van der Waals surface area contributed by atoms with Crippen LogP contribution in [0.3, 0.4) is 0 Å². The first kappa shape index (κ1) is 18.6. The largest absolute Gasteiger partial charge is 0.360 e. The van der Waals surface area contributed by atoms with Crippen LogP contribution in [0.5, 0.6) is 0 Å². The van der Waals surface area contributed by atoms with E-state index in [1.165, 1.54) is 17.7 Å². The predicted octanol–water partition coefficient (Wildman–Crippen LogP) is 4.02. The molecule has 3 aromatic heterocycles. The summed E-state index contributed by atoms with van der Waals surface area (Å²) in [5.41, 5.74) is 4.23. The van der Waals surface area contributed by atoms with Crippen molar-refractivity contribution in [2.45, 2.75) is 6.42 Å². The summed E-state index contributed by atoms with van der Waals surface area (Å²) >= 11 is 0. The molecule has 5 aromatic rings. The van der Waals surface area contributed by atoms with E-state index in [9.17, 15) is 9.18 Å². The number of halogens is 1. The van der Waals surface area contributed by atoms with E-state index < -0.39 is 0 Å². The smallest absolute Gasteiger partial charge is 0.263 e. The highest BCUT2D eigenvalue weighted by molar-refractivity contribution is 5.93. The molecule has 0 amide bonds. The van der Waals surface area contributed by atoms with Crippen LogP contribution < -0.4 is 10.5 Å². The van der Waals surface area contributed by atoms with Crippen LogP contribution >= 0.6 is 0 Å². The lowest BCUT2D eigenvalue weighted by Gasteiger charge is -2.26. The molecule has 1 aliphatic heterocycles. The average Bonchev–Trinajstić information content (AvgIpc) is 3.44. The summed E-state index contributed by atoms with van der Waals surface area (Å²) in [6.45, 7) is 1.31. The molecule has 0 spiro atoms. The van der Waals surface area contributed by atoms with Crippen molar-refractivity contribution in [2.75, 3.05) is 18.0 Å². The number of nitrogens with one attached hydrogen (secondary N) is 2. The van der Waals surface area contributed by atoms with E-state index in [0.717, 1.165) is 28.6 Å². The Bertz CT molecular complexity index is 1550. The third-order valence-electron chi connectivity index (χ3n) is 5.92. The second kappa shape index (κ2) is 7.19. The molecule has 0 radical (unpaired) electrons. The third-order valence-corrected chi connectivity index (χ3v) is 5.92. The maximum absolute atomic E-state index is 13.5. The molecule has 1 aliphatic rings. The van der Waals surface area contributed by atoms with Crippen LogP contribution in [-0.4, -0.2) is 37.8 Å². The Morgan fingerprint density at radius 1 is 1.06 bits per heavy atom. The molecule has 0 aliphatic carbocycles. The molecule has 8 heteroatoms. The van der Waals surface area contributed by atoms with Gasteiger partial charge in [0.05, 0.1) is 11.9 Å². The zero-order chi connectivity index (χ0) is 21.7. The Morgan fingerprint density at radius 3 is 2.75 bits per heavy atom. The number of aromatic amines is 2. The molecule has 158 valence electrons. The van der Waals surface area contributed by atoms with E-state index >= 15 is 0 Å². The monoisotopic (exact) mass is 426 g/mol. The lowest BCUT2D eigenvalue weighted by Crippen LogP contribution is -2.31. The summed E-state index contributed by atoms with van der Waals surface area (Å²) in [5.74, 6) is 0.270. The zero-order valence-corrected chi connectivity index (χ0v) is 17.0. The average molecular weight is 426 g/mol. The molecule has 2 N–H and O–H groups in total. The number of anilines is 1. The highest BCUT2D eigenvalue weighted by Gasteiger charge is 2.19. The number of fused-ring (bicyclic) bond motifs is 2. The van der Waals surface area contributed by atoms with Crippen LogP contribution in [-0.2, 0) is 0 Å². The van der Waals surface area contributed by atoms with E-state index in [-0.39, 0.29) is 11.4 Å². The fourth-order valence-electron chi connectivity index (χ4n) is 4.29. The van der Waals surface area contributed by atoms with Gasteiger partial charge in [0.1, 0.15) is 11.2 Å². The number of H-pyrrole nitrogens is 2. The summed E-state index contributed by atoms with van der Waals surface area (Å²) in [4.78, 5) is 25.5. The molecular formula is C24H19FN6O. The first-order valence-corrected chi connectivity index (χ1v) is 10.4. The lowest BCUT2D eigenvalue weighted by atomic mass is 9.99. The molecule has 0 fully saturated rings. The van der Waals surface area contributed by atoms with E-state index in [2.05, 4.69) is 21.1 Å². The molecule has 2 aromatic carbocycles. The minimum atomic E-state index is -0.255. The van der Waals surface area contributed by atoms with Gasteiger partial charge >= 0.3 is 0 Å². The van der Waals surface area contributed by atoms with Gasteiger partial charge in [-0.2, -0.15) is 10.1 Å². The van der Waals surface area contributed by atoms with Gasteiger partial charge in [0.15, 0.2) is 5.65 Å². The number of para-hydroxylation sites is 1. The van der Waals surface area contributed by atoms with Gasteiger partial charge in [-0.1, -0.05) is 24.3 Å². The maximum Gasteiger partial charge on any atom is 0.263 e. The molecule has 0 unspecified atom stereocenters. The summed E-state index contributed by atoms with van der Waals surface area (Å²) in [6.07, 6.45) is 6.39. The van der Waals surface area contributed by atoms with Gasteiger partial charge in [0, 0.05) is 35.8 Å². The lowest BCUT2D eigenvalue weighted by molar-refractivity contribution is 0.629. The number of aromatic nitrogens is 5. The van der Waals surface area contributed by atoms with Gasteiger partial charge in [-0.05, 0) is 42.3 Å². The van der Waals surface area contributed by atoms with Crippen LogP contribution in [0.15, 0.2) is 71.8 Å². The molecule has 0 bridgehead atoms. The molecule has 6 rings (SSSR count). The van der Waals surface area contributed by atoms with Gasteiger partial charge in [0.2, 0.25) is 5.95 Å². The van der Waals surface area contributed by atoms with Crippen LogP contribution in [0.4, 0.5) is 10.3 Å². The van der Waals surface area contributed by atoms with Crippen molar-refractivity contribution in [3.63, 3.8) is 0 Å². The number of hydrogen-bond acceptors (Lipinski definition) is 4. The summed E-state index contributed by atoms with van der Waals surface area (Å²) in [5, 5.41) is 5.83. The topological polar surface area (TPSA) is 82.6 Å². The first-order chi connectivity index (χ1) is 15.7. The van der Waals surface area contributed by atoms with Crippen molar-refractivity contribution in [2.24, 2.45) is 0 Å². The van der Waals surface area contributed by atoms with Crippen LogP contribution in [0.25, 0.3) is 33.2 Å². The summed E-state index contributed by atoms with van der Waals surface area (Å²) in [6, 6.07) is 14.4. The molecule has 7 nitrogen and oxygen atoms in total. The highest BCUT2D eigenvalue weighted by atomic mass is 19.1. The molecule has 0 atom stereocenters. The van der Waals surface area contributed by atoms with E-state index in [0.29, 0.717) is 30.1 Å². The van der Waals surface area contributed by atoms with Crippen LogP contribution in [0, 0.1) is 5.82 Å².